The maximum Gasteiger partial charge on any atom is 0.250 e. The zero-order valence-corrected chi connectivity index (χ0v) is 15.3. The molecule has 2 aromatic carbocycles. The number of H-pyrrole nitrogens is 1. The first-order valence-corrected chi connectivity index (χ1v) is 9.23. The summed E-state index contributed by atoms with van der Waals surface area (Å²) in [5, 5.41) is 3.58. The molecular formula is C21H21FN4O2. The van der Waals surface area contributed by atoms with Crippen molar-refractivity contribution in [2.45, 2.75) is 0 Å². The summed E-state index contributed by atoms with van der Waals surface area (Å²) in [4.78, 5) is 31.1. The molecule has 0 aliphatic carbocycles. The molecule has 0 radical (unpaired) electrons. The summed E-state index contributed by atoms with van der Waals surface area (Å²) < 4.78 is 13.7. The van der Waals surface area contributed by atoms with Gasteiger partial charge >= 0.3 is 0 Å². The van der Waals surface area contributed by atoms with Crippen LogP contribution in [-0.4, -0.2) is 48.5 Å². The highest BCUT2D eigenvalue weighted by molar-refractivity contribution is 5.92. The van der Waals surface area contributed by atoms with E-state index in [9.17, 15) is 14.0 Å². The lowest BCUT2D eigenvalue weighted by molar-refractivity contribution is -0.117. The third kappa shape index (κ3) is 4.04. The number of rotatable bonds is 4. The van der Waals surface area contributed by atoms with Crippen molar-refractivity contribution in [2.24, 2.45) is 0 Å². The second-order valence-electron chi connectivity index (χ2n) is 6.89. The Kier molecular flexibility index (Phi) is 5.08. The maximum absolute atomic E-state index is 13.7. The highest BCUT2D eigenvalue weighted by atomic mass is 19.1. The summed E-state index contributed by atoms with van der Waals surface area (Å²) in [5.41, 5.74) is 1.92. The highest BCUT2D eigenvalue weighted by Crippen LogP contribution is 2.25. The van der Waals surface area contributed by atoms with Crippen LogP contribution in [-0.2, 0) is 4.79 Å². The number of pyridine rings is 1. The van der Waals surface area contributed by atoms with Gasteiger partial charge in [-0.15, -0.1) is 0 Å². The number of benzene rings is 2. The summed E-state index contributed by atoms with van der Waals surface area (Å²) in [7, 11) is 0. The fourth-order valence-electron chi connectivity index (χ4n) is 3.54. The number of anilines is 2. The number of hydrogen-bond donors (Lipinski definition) is 2. The predicted molar refractivity (Wildman–Crippen MR) is 108 cm³/mol. The molecule has 1 amide bonds. The molecular weight excluding hydrogens is 359 g/mol. The predicted octanol–water partition coefficient (Wildman–Crippen LogP) is 2.43. The summed E-state index contributed by atoms with van der Waals surface area (Å²) in [6.07, 6.45) is 0. The van der Waals surface area contributed by atoms with Gasteiger partial charge in [0.25, 0.3) is 0 Å². The maximum atomic E-state index is 13.7. The minimum Gasteiger partial charge on any atom is -0.368 e. The van der Waals surface area contributed by atoms with Crippen LogP contribution >= 0.6 is 0 Å². The number of hydrogen-bond acceptors (Lipinski definition) is 4. The Bertz CT molecular complexity index is 1040. The monoisotopic (exact) mass is 380 g/mol. The van der Waals surface area contributed by atoms with Crippen LogP contribution < -0.4 is 15.8 Å². The number of carbonyl (C=O) groups is 1. The van der Waals surface area contributed by atoms with Gasteiger partial charge in [-0.1, -0.05) is 18.2 Å². The number of halogens is 1. The number of amides is 1. The van der Waals surface area contributed by atoms with Crippen LogP contribution in [0.1, 0.15) is 0 Å². The molecule has 0 unspecified atom stereocenters. The summed E-state index contributed by atoms with van der Waals surface area (Å²) in [6, 6.07) is 15.2. The average molecular weight is 380 g/mol. The third-order valence-electron chi connectivity index (χ3n) is 4.92. The summed E-state index contributed by atoms with van der Waals surface area (Å²) in [5.74, 6) is -0.389. The lowest BCUT2D eigenvalue weighted by Gasteiger charge is -2.36. The molecule has 6 nitrogen and oxygen atoms in total. The highest BCUT2D eigenvalue weighted by Gasteiger charge is 2.21. The molecule has 144 valence electrons. The van der Waals surface area contributed by atoms with Crippen molar-refractivity contribution >= 4 is 28.2 Å². The van der Waals surface area contributed by atoms with E-state index in [-0.39, 0.29) is 17.3 Å². The van der Waals surface area contributed by atoms with E-state index >= 15 is 0 Å². The molecule has 1 saturated heterocycles. The Hall–Kier alpha value is -3.19. The minimum absolute atomic E-state index is 0.0525. The van der Waals surface area contributed by atoms with Crippen molar-refractivity contribution in [3.05, 3.63) is 70.8 Å². The molecule has 4 rings (SSSR count). The Labute approximate surface area is 161 Å². The van der Waals surface area contributed by atoms with Crippen molar-refractivity contribution in [3.8, 4) is 0 Å². The summed E-state index contributed by atoms with van der Waals surface area (Å²) in [6.45, 7) is 3.01. The third-order valence-corrected chi connectivity index (χ3v) is 4.92. The van der Waals surface area contributed by atoms with E-state index in [2.05, 4.69) is 20.1 Å². The van der Waals surface area contributed by atoms with Gasteiger partial charge in [0.1, 0.15) is 5.82 Å². The number of carbonyl (C=O) groups excluding carboxylic acids is 1. The molecule has 2 N–H and O–H groups in total. The van der Waals surface area contributed by atoms with Crippen LogP contribution in [0.3, 0.4) is 0 Å². The Morgan fingerprint density at radius 2 is 1.79 bits per heavy atom. The average Bonchev–Trinajstić information content (AvgIpc) is 2.69. The van der Waals surface area contributed by atoms with Gasteiger partial charge in [-0.25, -0.2) is 4.39 Å². The van der Waals surface area contributed by atoms with Crippen LogP contribution in [0, 0.1) is 5.82 Å². The smallest absolute Gasteiger partial charge is 0.250 e. The van der Waals surface area contributed by atoms with Crippen LogP contribution in [0.25, 0.3) is 10.9 Å². The zero-order valence-electron chi connectivity index (χ0n) is 15.3. The van der Waals surface area contributed by atoms with Crippen LogP contribution in [0.2, 0.25) is 0 Å². The van der Waals surface area contributed by atoms with E-state index in [0.717, 1.165) is 11.4 Å². The van der Waals surface area contributed by atoms with Crippen LogP contribution in [0.15, 0.2) is 59.4 Å². The number of aromatic nitrogens is 1. The van der Waals surface area contributed by atoms with E-state index in [1.54, 1.807) is 6.07 Å². The topological polar surface area (TPSA) is 68.4 Å². The molecule has 3 aromatic rings. The number of nitrogens with zero attached hydrogens (tertiary/aromatic N) is 2. The Morgan fingerprint density at radius 1 is 1.04 bits per heavy atom. The van der Waals surface area contributed by atoms with Gasteiger partial charge < -0.3 is 15.2 Å². The van der Waals surface area contributed by atoms with Gasteiger partial charge in [0.15, 0.2) is 0 Å². The first-order chi connectivity index (χ1) is 13.6. The largest absolute Gasteiger partial charge is 0.368 e. The van der Waals surface area contributed by atoms with E-state index in [4.69, 9.17) is 0 Å². The second kappa shape index (κ2) is 7.82. The Morgan fingerprint density at radius 3 is 2.54 bits per heavy atom. The molecule has 2 heterocycles. The first kappa shape index (κ1) is 18.2. The van der Waals surface area contributed by atoms with Crippen molar-refractivity contribution in [1.82, 2.24) is 9.88 Å². The van der Waals surface area contributed by atoms with E-state index in [1.165, 1.54) is 18.2 Å². The quantitative estimate of drug-likeness (QED) is 0.730. The van der Waals surface area contributed by atoms with Gasteiger partial charge in [0.05, 0.1) is 17.7 Å². The van der Waals surface area contributed by atoms with Gasteiger partial charge in [-0.05, 0) is 30.3 Å². The van der Waals surface area contributed by atoms with E-state index in [0.29, 0.717) is 43.6 Å². The lowest BCUT2D eigenvalue weighted by Crippen LogP contribution is -2.48. The minimum atomic E-state index is -0.336. The lowest BCUT2D eigenvalue weighted by atomic mass is 10.1. The Balaban J connectivity index is 1.42. The van der Waals surface area contributed by atoms with Gasteiger partial charge in [0.2, 0.25) is 11.5 Å². The molecule has 0 saturated carbocycles. The van der Waals surface area contributed by atoms with Gasteiger partial charge in [0, 0.05) is 43.3 Å². The van der Waals surface area contributed by atoms with Crippen molar-refractivity contribution in [3.63, 3.8) is 0 Å². The van der Waals surface area contributed by atoms with Gasteiger partial charge in [-0.2, -0.15) is 0 Å². The standard InChI is InChI=1S/C21H21FN4O2/c22-15-6-7-18-17(12-15)19(13-20(27)24-18)26-10-8-25(9-11-26)14-21(28)23-16-4-2-1-3-5-16/h1-7,12-13H,8-11,14H2,(H,23,28)(H,24,27). The first-order valence-electron chi connectivity index (χ1n) is 9.23. The fraction of sp³-hybridized carbons (Fsp3) is 0.238. The number of piperazine rings is 1. The summed E-state index contributed by atoms with van der Waals surface area (Å²) >= 11 is 0. The molecule has 1 fully saturated rings. The van der Waals surface area contributed by atoms with E-state index in [1.807, 2.05) is 30.3 Å². The normalized spacial score (nSPS) is 15.0. The zero-order chi connectivity index (χ0) is 19.5. The molecule has 1 aliphatic rings. The molecule has 0 bridgehead atoms. The van der Waals surface area contributed by atoms with Crippen molar-refractivity contribution in [1.29, 1.82) is 0 Å². The van der Waals surface area contributed by atoms with E-state index < -0.39 is 0 Å². The molecule has 28 heavy (non-hydrogen) atoms. The van der Waals surface area contributed by atoms with Crippen molar-refractivity contribution < 1.29 is 9.18 Å². The van der Waals surface area contributed by atoms with Crippen LogP contribution in [0.5, 0.6) is 0 Å². The number of para-hydroxylation sites is 1. The van der Waals surface area contributed by atoms with Crippen LogP contribution in [0.4, 0.5) is 15.8 Å². The second-order valence-corrected chi connectivity index (χ2v) is 6.89. The van der Waals surface area contributed by atoms with Gasteiger partial charge in [-0.3, -0.25) is 14.5 Å². The SMILES string of the molecule is O=C(CN1CCN(c2cc(=O)[nH]c3ccc(F)cc23)CC1)Nc1ccccc1. The number of fused-ring (bicyclic) bond motifs is 1. The molecule has 1 aromatic heterocycles. The molecule has 1 aliphatic heterocycles. The van der Waals surface area contributed by atoms with Crippen molar-refractivity contribution in [2.75, 3.05) is 42.9 Å². The molecule has 0 atom stereocenters. The fourth-order valence-corrected chi connectivity index (χ4v) is 3.54. The number of aromatic amines is 1. The molecule has 0 spiro atoms. The molecule has 7 heteroatoms. The number of nitrogens with one attached hydrogen (secondary N) is 2.